The number of likely N-dealkylation sites (tertiary alicyclic amines) is 1. The molecule has 0 aromatic carbocycles. The molecule has 7 nitrogen and oxygen atoms in total. The van der Waals surface area contributed by atoms with Crippen LogP contribution in [0.2, 0.25) is 0 Å². The Morgan fingerprint density at radius 3 is 2.50 bits per heavy atom. The molecular formula is C17H33IN4O3S. The smallest absolute Gasteiger partial charge is 0.225 e. The third kappa shape index (κ3) is 7.21. The van der Waals surface area contributed by atoms with Gasteiger partial charge in [0, 0.05) is 44.4 Å². The first kappa shape index (κ1) is 23.5. The van der Waals surface area contributed by atoms with Gasteiger partial charge < -0.3 is 15.5 Å². The van der Waals surface area contributed by atoms with Crippen molar-refractivity contribution < 1.29 is 13.2 Å². The number of rotatable bonds is 6. The summed E-state index contributed by atoms with van der Waals surface area (Å²) in [7, 11) is -1.31. The van der Waals surface area contributed by atoms with Crippen LogP contribution in [0.3, 0.4) is 0 Å². The molecule has 2 aliphatic rings. The number of halogens is 1. The van der Waals surface area contributed by atoms with Gasteiger partial charge in [0.15, 0.2) is 15.8 Å². The third-order valence-electron chi connectivity index (χ3n) is 5.16. The van der Waals surface area contributed by atoms with Gasteiger partial charge in [0.2, 0.25) is 5.91 Å². The highest BCUT2D eigenvalue weighted by atomic mass is 127. The fraction of sp³-hybridized carbons (Fsp3) is 0.882. The number of hydrogen-bond acceptors (Lipinski definition) is 4. The molecule has 2 rings (SSSR count). The number of nitrogens with one attached hydrogen (secondary N) is 2. The molecule has 1 heterocycles. The monoisotopic (exact) mass is 500 g/mol. The Bertz CT molecular complexity index is 577. The number of aliphatic imine (C=N–C) groups is 1. The molecule has 0 aromatic rings. The van der Waals surface area contributed by atoms with E-state index in [-0.39, 0.29) is 47.4 Å². The van der Waals surface area contributed by atoms with Crippen LogP contribution in [-0.4, -0.2) is 69.4 Å². The molecule has 1 aliphatic heterocycles. The van der Waals surface area contributed by atoms with Crippen molar-refractivity contribution >= 4 is 45.7 Å². The van der Waals surface area contributed by atoms with E-state index < -0.39 is 9.84 Å². The summed E-state index contributed by atoms with van der Waals surface area (Å²) in [5.74, 6) is 1.37. The molecule has 9 heteroatoms. The molecule has 1 saturated heterocycles. The summed E-state index contributed by atoms with van der Waals surface area (Å²) in [5, 5.41) is 6.36. The zero-order valence-electron chi connectivity index (χ0n) is 15.9. The maximum Gasteiger partial charge on any atom is 0.225 e. The van der Waals surface area contributed by atoms with Gasteiger partial charge in [-0.2, -0.15) is 0 Å². The summed E-state index contributed by atoms with van der Waals surface area (Å²) in [6.45, 7) is 3.48. The fourth-order valence-electron chi connectivity index (χ4n) is 3.54. The normalized spacial score (nSPS) is 22.0. The lowest BCUT2D eigenvalue weighted by atomic mass is 9.88. The standard InChI is InChI=1S/C17H32N4O3S.HI/c1-3-25(23,24)12-10-19-17(18-2)20-15-9-11-21(13-15)16(22)14-7-5-4-6-8-14;/h14-15H,3-13H2,1-2H3,(H2,18,19,20);1H. The van der Waals surface area contributed by atoms with E-state index in [0.717, 1.165) is 25.8 Å². The summed E-state index contributed by atoms with van der Waals surface area (Å²) in [6.07, 6.45) is 6.55. The van der Waals surface area contributed by atoms with Crippen LogP contribution >= 0.6 is 24.0 Å². The average Bonchev–Trinajstić information content (AvgIpc) is 3.09. The first-order valence-electron chi connectivity index (χ1n) is 9.41. The number of hydrogen-bond donors (Lipinski definition) is 2. The Kier molecular flexibility index (Phi) is 10.2. The first-order valence-corrected chi connectivity index (χ1v) is 11.2. The van der Waals surface area contributed by atoms with Gasteiger partial charge in [-0.15, -0.1) is 24.0 Å². The molecule has 0 spiro atoms. The van der Waals surface area contributed by atoms with Crippen LogP contribution in [0.15, 0.2) is 4.99 Å². The third-order valence-corrected chi connectivity index (χ3v) is 6.87. The Morgan fingerprint density at radius 1 is 1.19 bits per heavy atom. The van der Waals surface area contributed by atoms with Gasteiger partial charge in [-0.05, 0) is 19.3 Å². The van der Waals surface area contributed by atoms with E-state index in [1.165, 1.54) is 19.3 Å². The molecule has 1 saturated carbocycles. The summed E-state index contributed by atoms with van der Waals surface area (Å²) < 4.78 is 23.1. The Morgan fingerprint density at radius 2 is 1.88 bits per heavy atom. The lowest BCUT2D eigenvalue weighted by Crippen LogP contribution is -2.46. The molecule has 2 fully saturated rings. The second-order valence-corrected chi connectivity index (χ2v) is 9.46. The van der Waals surface area contributed by atoms with Crippen molar-refractivity contribution in [3.63, 3.8) is 0 Å². The summed E-state index contributed by atoms with van der Waals surface area (Å²) in [6, 6.07) is 0.168. The van der Waals surface area contributed by atoms with Crippen LogP contribution < -0.4 is 10.6 Å². The first-order chi connectivity index (χ1) is 11.9. The Balaban J connectivity index is 0.00000338. The zero-order valence-corrected chi connectivity index (χ0v) is 19.0. The highest BCUT2D eigenvalue weighted by molar-refractivity contribution is 14.0. The number of sulfone groups is 1. The summed E-state index contributed by atoms with van der Waals surface area (Å²) in [5.41, 5.74) is 0. The van der Waals surface area contributed by atoms with E-state index in [9.17, 15) is 13.2 Å². The van der Waals surface area contributed by atoms with Crippen molar-refractivity contribution in [2.24, 2.45) is 10.9 Å². The van der Waals surface area contributed by atoms with Gasteiger partial charge >= 0.3 is 0 Å². The highest BCUT2D eigenvalue weighted by Gasteiger charge is 2.31. The van der Waals surface area contributed by atoms with Crippen molar-refractivity contribution in [3.05, 3.63) is 0 Å². The van der Waals surface area contributed by atoms with Gasteiger partial charge in [0.05, 0.1) is 5.75 Å². The minimum Gasteiger partial charge on any atom is -0.355 e. The Hall–Kier alpha value is -0.580. The van der Waals surface area contributed by atoms with Crippen molar-refractivity contribution in [1.82, 2.24) is 15.5 Å². The van der Waals surface area contributed by atoms with Crippen LogP contribution in [0.25, 0.3) is 0 Å². The van der Waals surface area contributed by atoms with E-state index in [4.69, 9.17) is 0 Å². The lowest BCUT2D eigenvalue weighted by molar-refractivity contribution is -0.135. The molecule has 152 valence electrons. The van der Waals surface area contributed by atoms with Crippen LogP contribution in [0.4, 0.5) is 0 Å². The van der Waals surface area contributed by atoms with Gasteiger partial charge in [-0.1, -0.05) is 26.2 Å². The maximum absolute atomic E-state index is 12.6. The molecule has 0 radical (unpaired) electrons. The highest BCUT2D eigenvalue weighted by Crippen LogP contribution is 2.26. The van der Waals surface area contributed by atoms with Crippen LogP contribution in [0.5, 0.6) is 0 Å². The molecular weight excluding hydrogens is 467 g/mol. The van der Waals surface area contributed by atoms with Crippen molar-refractivity contribution in [3.8, 4) is 0 Å². The van der Waals surface area contributed by atoms with Crippen molar-refractivity contribution in [2.75, 3.05) is 38.2 Å². The predicted octanol–water partition coefficient (Wildman–Crippen LogP) is 1.39. The molecule has 2 N–H and O–H groups in total. The number of carbonyl (C=O) groups is 1. The maximum atomic E-state index is 12.6. The molecule has 0 bridgehead atoms. The summed E-state index contributed by atoms with van der Waals surface area (Å²) in [4.78, 5) is 18.7. The summed E-state index contributed by atoms with van der Waals surface area (Å²) >= 11 is 0. The SMILES string of the molecule is CCS(=O)(=O)CCNC(=NC)NC1CCN(C(=O)C2CCCCC2)C1.I. The molecule has 1 aliphatic carbocycles. The number of guanidine groups is 1. The fourth-order valence-corrected chi connectivity index (χ4v) is 4.24. The average molecular weight is 500 g/mol. The van der Waals surface area contributed by atoms with Crippen LogP contribution in [0.1, 0.15) is 45.4 Å². The minimum atomic E-state index is -2.98. The number of nitrogens with zero attached hydrogens (tertiary/aromatic N) is 2. The van der Waals surface area contributed by atoms with Gasteiger partial charge in [-0.3, -0.25) is 9.79 Å². The van der Waals surface area contributed by atoms with Crippen LogP contribution in [0, 0.1) is 5.92 Å². The Labute approximate surface area is 174 Å². The van der Waals surface area contributed by atoms with E-state index in [1.807, 2.05) is 4.90 Å². The zero-order chi connectivity index (χ0) is 18.3. The molecule has 0 aromatic heterocycles. The minimum absolute atomic E-state index is 0. The van der Waals surface area contributed by atoms with Gasteiger partial charge in [-0.25, -0.2) is 8.42 Å². The van der Waals surface area contributed by atoms with Gasteiger partial charge in [0.1, 0.15) is 0 Å². The number of carbonyl (C=O) groups excluding carboxylic acids is 1. The van der Waals surface area contributed by atoms with E-state index in [0.29, 0.717) is 25.0 Å². The van der Waals surface area contributed by atoms with E-state index in [1.54, 1.807) is 14.0 Å². The number of amides is 1. The molecule has 1 amide bonds. The second kappa shape index (κ2) is 11.3. The van der Waals surface area contributed by atoms with Crippen molar-refractivity contribution in [2.45, 2.75) is 51.5 Å². The van der Waals surface area contributed by atoms with E-state index in [2.05, 4.69) is 15.6 Å². The van der Waals surface area contributed by atoms with E-state index >= 15 is 0 Å². The topological polar surface area (TPSA) is 90.9 Å². The second-order valence-electron chi connectivity index (χ2n) is 6.98. The molecule has 1 atom stereocenters. The quantitative estimate of drug-likeness (QED) is 0.327. The molecule has 1 unspecified atom stereocenters. The van der Waals surface area contributed by atoms with Crippen molar-refractivity contribution in [1.29, 1.82) is 0 Å². The van der Waals surface area contributed by atoms with Gasteiger partial charge in [0.25, 0.3) is 0 Å². The lowest BCUT2D eigenvalue weighted by Gasteiger charge is -2.26. The van der Waals surface area contributed by atoms with Crippen LogP contribution in [-0.2, 0) is 14.6 Å². The predicted molar refractivity (Wildman–Crippen MR) is 116 cm³/mol. The molecule has 26 heavy (non-hydrogen) atoms. The largest absolute Gasteiger partial charge is 0.355 e.